The average molecular weight is 600 g/mol. The van der Waals surface area contributed by atoms with Crippen molar-refractivity contribution in [2.45, 2.75) is 57.0 Å². The summed E-state index contributed by atoms with van der Waals surface area (Å²) in [7, 11) is 0. The molecule has 8 rings (SSSR count). The van der Waals surface area contributed by atoms with Crippen molar-refractivity contribution >= 4 is 34.4 Å². The normalized spacial score (nSPS) is 26.9. The fraction of sp³-hybridized carbons (Fsp3) is 0.455. The quantitative estimate of drug-likeness (QED) is 0.432. The molecule has 44 heavy (non-hydrogen) atoms. The van der Waals surface area contributed by atoms with Gasteiger partial charge in [-0.1, -0.05) is 0 Å². The number of anilines is 1. The van der Waals surface area contributed by atoms with Gasteiger partial charge in [-0.05, 0) is 72.9 Å². The molecular weight excluding hydrogens is 565 g/mol. The van der Waals surface area contributed by atoms with Gasteiger partial charge in [-0.2, -0.15) is 0 Å². The van der Waals surface area contributed by atoms with Crippen molar-refractivity contribution in [3.05, 3.63) is 65.0 Å². The first-order chi connectivity index (χ1) is 21.4. The zero-order valence-electron chi connectivity index (χ0n) is 24.3. The van der Waals surface area contributed by atoms with Gasteiger partial charge in [-0.3, -0.25) is 24.6 Å². The van der Waals surface area contributed by atoms with Crippen molar-refractivity contribution in [1.82, 2.24) is 20.1 Å². The largest absolute Gasteiger partial charge is 0.489 e. The number of imide groups is 1. The summed E-state index contributed by atoms with van der Waals surface area (Å²) in [5, 5.41) is 3.13. The Morgan fingerprint density at radius 1 is 1.02 bits per heavy atom. The number of hydrogen-bond donors (Lipinski definition) is 1. The maximum atomic E-state index is 15.3. The van der Waals surface area contributed by atoms with Gasteiger partial charge in [-0.25, -0.2) is 9.37 Å². The highest BCUT2D eigenvalue weighted by atomic mass is 19.1. The summed E-state index contributed by atoms with van der Waals surface area (Å²) in [6, 6.07) is 12.4. The summed E-state index contributed by atoms with van der Waals surface area (Å²) in [6.07, 6.45) is 2.70. The highest BCUT2D eigenvalue weighted by molar-refractivity contribution is 6.05. The molecule has 0 radical (unpaired) electrons. The van der Waals surface area contributed by atoms with Crippen LogP contribution >= 0.6 is 0 Å². The number of hydrogen-bond acceptors (Lipinski definition) is 8. The van der Waals surface area contributed by atoms with Crippen LogP contribution in [0.2, 0.25) is 0 Å². The third-order valence-electron chi connectivity index (χ3n) is 9.75. The van der Waals surface area contributed by atoms with Crippen molar-refractivity contribution in [1.29, 1.82) is 0 Å². The molecule has 2 aromatic carbocycles. The molecule has 4 saturated heterocycles. The minimum atomic E-state index is -0.641. The summed E-state index contributed by atoms with van der Waals surface area (Å²) >= 11 is 0. The molecule has 3 aromatic rings. The highest BCUT2D eigenvalue weighted by Gasteiger charge is 2.40. The van der Waals surface area contributed by atoms with Gasteiger partial charge in [0.05, 0.1) is 6.10 Å². The molecule has 11 heteroatoms. The molecule has 3 amide bonds. The number of carbonyl (C=O) groups is 3. The number of ether oxygens (including phenoxy) is 2. The fourth-order valence-electron chi connectivity index (χ4n) is 7.48. The van der Waals surface area contributed by atoms with E-state index in [2.05, 4.69) is 20.1 Å². The Morgan fingerprint density at radius 2 is 1.93 bits per heavy atom. The van der Waals surface area contributed by atoms with Gasteiger partial charge < -0.3 is 19.3 Å². The number of piperidine rings is 1. The van der Waals surface area contributed by atoms with Crippen molar-refractivity contribution in [3.8, 4) is 5.75 Å². The van der Waals surface area contributed by atoms with E-state index in [0.29, 0.717) is 48.8 Å². The lowest BCUT2D eigenvalue weighted by Crippen LogP contribution is -2.52. The van der Waals surface area contributed by atoms with Gasteiger partial charge in [0.1, 0.15) is 35.0 Å². The predicted molar refractivity (Wildman–Crippen MR) is 159 cm³/mol. The van der Waals surface area contributed by atoms with E-state index >= 15 is 4.39 Å². The van der Waals surface area contributed by atoms with Crippen LogP contribution in [-0.2, 0) is 27.4 Å². The molecule has 0 spiro atoms. The second kappa shape index (κ2) is 10.8. The molecule has 1 N–H and O–H groups in total. The predicted octanol–water partition coefficient (Wildman–Crippen LogP) is 3.01. The number of amides is 3. The maximum Gasteiger partial charge on any atom is 0.255 e. The summed E-state index contributed by atoms with van der Waals surface area (Å²) in [5.41, 5.74) is 2.68. The van der Waals surface area contributed by atoms with E-state index in [0.717, 1.165) is 61.4 Å². The minimum absolute atomic E-state index is 0.0325. The number of aromatic nitrogens is 1. The molecule has 228 valence electrons. The van der Waals surface area contributed by atoms with Gasteiger partial charge in [0, 0.05) is 69.2 Å². The molecule has 4 fully saturated rings. The second-order valence-electron chi connectivity index (χ2n) is 12.7. The Kier molecular flexibility index (Phi) is 6.75. The molecule has 5 aliphatic heterocycles. The summed E-state index contributed by atoms with van der Waals surface area (Å²) < 4.78 is 27.4. The first-order valence-electron chi connectivity index (χ1n) is 15.5. The van der Waals surface area contributed by atoms with Crippen LogP contribution in [0, 0.1) is 11.7 Å². The molecule has 6 heterocycles. The second-order valence-corrected chi connectivity index (χ2v) is 12.7. The van der Waals surface area contributed by atoms with Crippen molar-refractivity contribution in [2.75, 3.05) is 37.7 Å². The van der Waals surface area contributed by atoms with Gasteiger partial charge in [-0.15, -0.1) is 0 Å². The monoisotopic (exact) mass is 599 g/mol. The Morgan fingerprint density at radius 3 is 2.80 bits per heavy atom. The van der Waals surface area contributed by atoms with E-state index < -0.39 is 11.9 Å². The van der Waals surface area contributed by atoms with E-state index in [4.69, 9.17) is 9.47 Å². The lowest BCUT2D eigenvalue weighted by Gasteiger charge is -2.29. The lowest BCUT2D eigenvalue weighted by atomic mass is 10.0. The molecule has 5 aliphatic rings. The standard InChI is InChI=1S/C33H34FN5O5/c34-26-12-19(11-20-1-5-29(35-31(20)26)38-15-21-8-10-43-28(21)18-38)14-37-9-7-24(17-37)44-23-2-3-25-22(13-23)16-39(33(25)42)27-4-6-30(40)36-32(27)41/h1-3,5,11-13,21,24,27-28H,4,6-10,14-18H2,(H,36,40,41)/t21-,24-,27-,28+/m0/s1. The third-order valence-corrected chi connectivity index (χ3v) is 9.75. The Hall–Kier alpha value is -4.09. The van der Waals surface area contributed by atoms with Crippen LogP contribution < -0.4 is 15.0 Å². The van der Waals surface area contributed by atoms with Crippen LogP contribution in [0.15, 0.2) is 42.5 Å². The van der Waals surface area contributed by atoms with E-state index in [9.17, 15) is 14.4 Å². The van der Waals surface area contributed by atoms with Gasteiger partial charge in [0.2, 0.25) is 11.8 Å². The number of likely N-dealkylation sites (tertiary alicyclic amines) is 1. The number of nitrogens with zero attached hydrogens (tertiary/aromatic N) is 4. The molecule has 10 nitrogen and oxygen atoms in total. The summed E-state index contributed by atoms with van der Waals surface area (Å²) in [4.78, 5) is 47.6. The number of fused-ring (bicyclic) bond motifs is 3. The molecule has 0 aliphatic carbocycles. The first kappa shape index (κ1) is 27.5. The van der Waals surface area contributed by atoms with Gasteiger partial charge in [0.15, 0.2) is 0 Å². The number of rotatable bonds is 6. The van der Waals surface area contributed by atoms with Gasteiger partial charge in [0.25, 0.3) is 5.91 Å². The molecule has 0 bridgehead atoms. The zero-order valence-corrected chi connectivity index (χ0v) is 24.3. The number of pyridine rings is 1. The molecule has 4 atom stereocenters. The van der Waals surface area contributed by atoms with Crippen LogP contribution in [0.3, 0.4) is 0 Å². The topological polar surface area (TPSA) is 104 Å². The van der Waals surface area contributed by atoms with Crippen molar-refractivity contribution in [2.24, 2.45) is 5.92 Å². The SMILES string of the molecule is O=C1CC[C@H](N2Cc3cc(O[C@H]4CCN(Cc5cc(F)c6nc(N7C[C@@H]8CCO[C@@H]8C7)ccc6c5)C4)ccc3C2=O)C(=O)N1. The number of benzene rings is 2. The average Bonchev–Trinajstić information content (AvgIpc) is 3.78. The van der Waals surface area contributed by atoms with E-state index in [1.165, 1.54) is 0 Å². The summed E-state index contributed by atoms with van der Waals surface area (Å²) in [5.74, 6) is 0.800. The smallest absolute Gasteiger partial charge is 0.255 e. The number of carbonyl (C=O) groups excluding carboxylic acids is 3. The van der Waals surface area contributed by atoms with Crippen LogP contribution in [0.5, 0.6) is 5.75 Å². The molecule has 1 aromatic heterocycles. The lowest BCUT2D eigenvalue weighted by molar-refractivity contribution is -0.136. The summed E-state index contributed by atoms with van der Waals surface area (Å²) in [6.45, 7) is 5.00. The van der Waals surface area contributed by atoms with Crippen molar-refractivity contribution in [3.63, 3.8) is 0 Å². The van der Waals surface area contributed by atoms with Crippen LogP contribution in [0.25, 0.3) is 10.9 Å². The Labute approximate surface area is 254 Å². The zero-order chi connectivity index (χ0) is 29.9. The van der Waals surface area contributed by atoms with E-state index in [-0.39, 0.29) is 36.3 Å². The Bertz CT molecular complexity index is 1670. The number of halogens is 1. The Balaban J connectivity index is 0.894. The molecular formula is C33H34FN5O5. The van der Waals surface area contributed by atoms with E-state index in [1.54, 1.807) is 23.1 Å². The van der Waals surface area contributed by atoms with Crippen LogP contribution in [0.1, 0.15) is 47.2 Å². The number of nitrogens with one attached hydrogen (secondary N) is 1. The van der Waals surface area contributed by atoms with E-state index in [1.807, 2.05) is 24.3 Å². The van der Waals surface area contributed by atoms with Crippen LogP contribution in [-0.4, -0.2) is 83.5 Å². The fourth-order valence-corrected chi connectivity index (χ4v) is 7.48. The minimum Gasteiger partial charge on any atom is -0.489 e. The van der Waals surface area contributed by atoms with Crippen LogP contribution in [0.4, 0.5) is 10.2 Å². The maximum absolute atomic E-state index is 15.3. The van der Waals surface area contributed by atoms with Gasteiger partial charge >= 0.3 is 0 Å². The third kappa shape index (κ3) is 4.97. The van der Waals surface area contributed by atoms with Crippen molar-refractivity contribution < 1.29 is 28.2 Å². The molecule has 0 unspecified atom stereocenters. The first-order valence-corrected chi connectivity index (χ1v) is 15.5. The molecule has 0 saturated carbocycles. The highest BCUT2D eigenvalue weighted by Crippen LogP contribution is 2.34.